The maximum absolute atomic E-state index is 5.38. The van der Waals surface area contributed by atoms with Crippen molar-refractivity contribution >= 4 is 17.3 Å². The summed E-state index contributed by atoms with van der Waals surface area (Å²) in [6.45, 7) is 1.60. The molecule has 0 aliphatic rings. The first-order chi connectivity index (χ1) is 8.85. The lowest BCUT2D eigenvalue weighted by atomic mass is 10.3. The molecule has 0 saturated heterocycles. The fourth-order valence-electron chi connectivity index (χ4n) is 1.70. The smallest absolute Gasteiger partial charge is 0.180 e. The van der Waals surface area contributed by atoms with Gasteiger partial charge in [0.25, 0.3) is 0 Å². The van der Waals surface area contributed by atoms with Crippen molar-refractivity contribution in [1.29, 1.82) is 0 Å². The molecule has 0 spiro atoms. The van der Waals surface area contributed by atoms with E-state index in [2.05, 4.69) is 20.7 Å². The lowest BCUT2D eigenvalue weighted by molar-refractivity contribution is 0.194. The number of unbranched alkanes of at least 4 members (excludes halogenated alkanes) is 1. The summed E-state index contributed by atoms with van der Waals surface area (Å²) in [5, 5.41) is 3.26. The van der Waals surface area contributed by atoms with Crippen LogP contribution in [0.1, 0.15) is 12.8 Å². The minimum Gasteiger partial charge on any atom is -0.385 e. The molecule has 0 aliphatic carbocycles. The Bertz CT molecular complexity index is 497. The van der Waals surface area contributed by atoms with E-state index in [1.807, 2.05) is 10.6 Å². The highest BCUT2D eigenvalue weighted by Crippen LogP contribution is 2.15. The summed E-state index contributed by atoms with van der Waals surface area (Å²) in [7, 11) is 1.71. The molecule has 0 aliphatic heterocycles. The number of imidazole rings is 1. The monoisotopic (exact) mass is 250 g/mol. The van der Waals surface area contributed by atoms with Crippen LogP contribution in [0.15, 0.2) is 18.6 Å². The van der Waals surface area contributed by atoms with Gasteiger partial charge in [-0.05, 0) is 12.8 Å². The van der Waals surface area contributed by atoms with Crippen molar-refractivity contribution in [1.82, 2.24) is 14.4 Å². The molecule has 0 unspecified atom stereocenters. The van der Waals surface area contributed by atoms with E-state index in [1.54, 1.807) is 19.5 Å². The van der Waals surface area contributed by atoms with Crippen LogP contribution in [-0.4, -0.2) is 34.6 Å². The number of hydrazine groups is 1. The van der Waals surface area contributed by atoms with E-state index in [9.17, 15) is 0 Å². The second-order valence-electron chi connectivity index (χ2n) is 3.90. The number of methoxy groups -OCH3 is 1. The van der Waals surface area contributed by atoms with Crippen molar-refractivity contribution in [2.75, 3.05) is 31.0 Å². The molecule has 7 heteroatoms. The lowest BCUT2D eigenvalue weighted by Crippen LogP contribution is -2.12. The molecule has 0 amide bonds. The highest BCUT2D eigenvalue weighted by molar-refractivity contribution is 5.65. The predicted molar refractivity (Wildman–Crippen MR) is 70.4 cm³/mol. The molecule has 0 aromatic carbocycles. The number of nitrogens with one attached hydrogen (secondary N) is 2. The van der Waals surface area contributed by atoms with Crippen molar-refractivity contribution in [2.45, 2.75) is 12.8 Å². The summed E-state index contributed by atoms with van der Waals surface area (Å²) in [5.74, 6) is 6.71. The Kier molecular flexibility index (Phi) is 4.32. The normalized spacial score (nSPS) is 10.8. The average Bonchev–Trinajstić information content (AvgIpc) is 2.86. The minimum absolute atomic E-state index is 0.597. The van der Waals surface area contributed by atoms with Gasteiger partial charge >= 0.3 is 0 Å². The fourth-order valence-corrected chi connectivity index (χ4v) is 1.70. The molecule has 2 rings (SSSR count). The Morgan fingerprint density at radius 2 is 2.33 bits per heavy atom. The van der Waals surface area contributed by atoms with Gasteiger partial charge in [-0.2, -0.15) is 0 Å². The Morgan fingerprint density at radius 3 is 3.11 bits per heavy atom. The van der Waals surface area contributed by atoms with Crippen molar-refractivity contribution in [3.05, 3.63) is 18.6 Å². The molecule has 7 nitrogen and oxygen atoms in total. The Hall–Kier alpha value is -1.86. The van der Waals surface area contributed by atoms with Crippen LogP contribution >= 0.6 is 0 Å². The minimum atomic E-state index is 0.597. The van der Waals surface area contributed by atoms with Crippen molar-refractivity contribution in [2.24, 2.45) is 5.84 Å². The number of hydrogen-bond acceptors (Lipinski definition) is 6. The number of fused-ring (bicyclic) bond motifs is 1. The summed E-state index contributed by atoms with van der Waals surface area (Å²) in [6, 6.07) is 0. The molecular formula is C11H18N6O. The van der Waals surface area contributed by atoms with E-state index in [0.29, 0.717) is 5.82 Å². The summed E-state index contributed by atoms with van der Waals surface area (Å²) >= 11 is 0. The molecule has 0 radical (unpaired) electrons. The number of aromatic nitrogens is 3. The van der Waals surface area contributed by atoms with Gasteiger partial charge < -0.3 is 19.9 Å². The number of nitrogens with two attached hydrogens (primary N) is 1. The zero-order valence-electron chi connectivity index (χ0n) is 10.4. The van der Waals surface area contributed by atoms with Gasteiger partial charge in [-0.15, -0.1) is 0 Å². The van der Waals surface area contributed by atoms with Crippen LogP contribution in [0.3, 0.4) is 0 Å². The summed E-state index contributed by atoms with van der Waals surface area (Å²) in [4.78, 5) is 8.60. The lowest BCUT2D eigenvalue weighted by Gasteiger charge is -2.09. The molecule has 18 heavy (non-hydrogen) atoms. The van der Waals surface area contributed by atoms with Crippen LogP contribution in [-0.2, 0) is 4.74 Å². The molecule has 2 aromatic rings. The first-order valence-corrected chi connectivity index (χ1v) is 5.88. The third-order valence-corrected chi connectivity index (χ3v) is 2.59. The van der Waals surface area contributed by atoms with E-state index in [0.717, 1.165) is 37.5 Å². The van der Waals surface area contributed by atoms with E-state index in [-0.39, 0.29) is 0 Å². The highest BCUT2D eigenvalue weighted by atomic mass is 16.5. The molecule has 0 saturated carbocycles. The summed E-state index contributed by atoms with van der Waals surface area (Å²) in [5.41, 5.74) is 3.33. The van der Waals surface area contributed by atoms with Gasteiger partial charge in [-0.1, -0.05) is 0 Å². The number of nitrogen functional groups attached to an aromatic ring is 1. The van der Waals surface area contributed by atoms with Crippen molar-refractivity contribution in [3.8, 4) is 0 Å². The summed E-state index contributed by atoms with van der Waals surface area (Å²) in [6.07, 6.45) is 7.41. The molecule has 0 fully saturated rings. The van der Waals surface area contributed by atoms with Crippen molar-refractivity contribution in [3.63, 3.8) is 0 Å². The highest BCUT2D eigenvalue weighted by Gasteiger charge is 2.06. The van der Waals surface area contributed by atoms with Crippen molar-refractivity contribution < 1.29 is 4.74 Å². The zero-order chi connectivity index (χ0) is 12.8. The van der Waals surface area contributed by atoms with E-state index < -0.39 is 0 Å². The molecular weight excluding hydrogens is 232 g/mol. The van der Waals surface area contributed by atoms with Gasteiger partial charge in [0, 0.05) is 32.7 Å². The second kappa shape index (κ2) is 6.18. The first kappa shape index (κ1) is 12.6. The standard InChI is InChI=1S/C11H18N6O/c1-18-7-3-2-4-13-10-11-14-5-6-17(11)8-9(15-10)16-12/h5-6,8,16H,2-4,7,12H2,1H3,(H,13,15). The SMILES string of the molecule is COCCCCNc1nc(NN)cn2ccnc12. The Labute approximate surface area is 105 Å². The average molecular weight is 250 g/mol. The maximum atomic E-state index is 5.38. The number of hydrogen-bond donors (Lipinski definition) is 3. The summed E-state index contributed by atoms with van der Waals surface area (Å²) < 4.78 is 6.88. The Morgan fingerprint density at radius 1 is 1.44 bits per heavy atom. The number of ether oxygens (including phenoxy) is 1. The second-order valence-corrected chi connectivity index (χ2v) is 3.90. The molecule has 2 heterocycles. The van der Waals surface area contributed by atoms with Crippen LogP contribution in [0.5, 0.6) is 0 Å². The number of anilines is 2. The van der Waals surface area contributed by atoms with Crippen LogP contribution in [0.2, 0.25) is 0 Å². The largest absolute Gasteiger partial charge is 0.385 e. The third kappa shape index (κ3) is 2.88. The van der Waals surface area contributed by atoms with E-state index in [1.165, 1.54) is 0 Å². The van der Waals surface area contributed by atoms with Gasteiger partial charge in [-0.25, -0.2) is 15.8 Å². The van der Waals surface area contributed by atoms with Gasteiger partial charge in [-0.3, -0.25) is 0 Å². The van der Waals surface area contributed by atoms with E-state index in [4.69, 9.17) is 10.6 Å². The predicted octanol–water partition coefficient (Wildman–Crippen LogP) is 0.853. The van der Waals surface area contributed by atoms with Crippen LogP contribution < -0.4 is 16.6 Å². The van der Waals surface area contributed by atoms with E-state index >= 15 is 0 Å². The molecule has 2 aromatic heterocycles. The van der Waals surface area contributed by atoms with Crippen LogP contribution in [0.25, 0.3) is 5.65 Å². The first-order valence-electron chi connectivity index (χ1n) is 5.88. The molecule has 0 atom stereocenters. The van der Waals surface area contributed by atoms with Gasteiger partial charge in [0.05, 0.1) is 6.20 Å². The van der Waals surface area contributed by atoms with Gasteiger partial charge in [0.2, 0.25) is 0 Å². The number of rotatable bonds is 7. The van der Waals surface area contributed by atoms with Crippen LogP contribution in [0.4, 0.5) is 11.6 Å². The topological polar surface area (TPSA) is 89.5 Å². The molecule has 98 valence electrons. The third-order valence-electron chi connectivity index (χ3n) is 2.59. The van der Waals surface area contributed by atoms with Crippen LogP contribution in [0, 0.1) is 0 Å². The molecule has 0 bridgehead atoms. The number of nitrogens with zero attached hydrogens (tertiary/aromatic N) is 3. The zero-order valence-corrected chi connectivity index (χ0v) is 10.4. The quantitative estimate of drug-likeness (QED) is 0.383. The fraction of sp³-hybridized carbons (Fsp3) is 0.455. The van der Waals surface area contributed by atoms with Gasteiger partial charge in [0.1, 0.15) is 0 Å². The maximum Gasteiger partial charge on any atom is 0.180 e. The van der Waals surface area contributed by atoms with Gasteiger partial charge in [0.15, 0.2) is 17.3 Å². The Balaban J connectivity index is 2.04. The molecule has 4 N–H and O–H groups in total.